The highest BCUT2D eigenvalue weighted by Gasteiger charge is 2.34. The first-order valence-corrected chi connectivity index (χ1v) is 7.78. The number of allylic oxidation sites excluding steroid dienone is 1. The first-order chi connectivity index (χ1) is 9.78. The summed E-state index contributed by atoms with van der Waals surface area (Å²) in [6, 6.07) is 4.37. The lowest BCUT2D eigenvalue weighted by molar-refractivity contribution is -0.275. The third-order valence-electron chi connectivity index (χ3n) is 2.96. The number of rotatable bonds is 4. The van der Waals surface area contributed by atoms with Gasteiger partial charge in [-0.25, -0.2) is 13.1 Å². The third kappa shape index (κ3) is 4.47. The summed E-state index contributed by atoms with van der Waals surface area (Å²) in [5.74, 6) is -0.733. The molecule has 8 heteroatoms. The summed E-state index contributed by atoms with van der Waals surface area (Å²) in [6.45, 7) is 0. The van der Waals surface area contributed by atoms with E-state index in [1.165, 1.54) is 12.1 Å². The van der Waals surface area contributed by atoms with E-state index in [1.54, 1.807) is 0 Å². The molecule has 1 aliphatic rings. The minimum Gasteiger partial charge on any atom is -0.404 e. The largest absolute Gasteiger partial charge is 0.573 e. The number of hydrogen-bond donors (Lipinski definition) is 1. The topological polar surface area (TPSA) is 55.4 Å². The Morgan fingerprint density at radius 1 is 1.19 bits per heavy atom. The van der Waals surface area contributed by atoms with Crippen LogP contribution in [0.5, 0.6) is 5.75 Å². The lowest BCUT2D eigenvalue weighted by atomic mass is 10.0. The Bertz CT molecular complexity index is 626. The van der Waals surface area contributed by atoms with Gasteiger partial charge in [0.05, 0.1) is 0 Å². The van der Waals surface area contributed by atoms with Gasteiger partial charge >= 0.3 is 6.36 Å². The Morgan fingerprint density at radius 2 is 1.90 bits per heavy atom. The number of benzene rings is 1. The second-order valence-corrected chi connectivity index (χ2v) is 6.28. The molecule has 0 bridgehead atoms. The molecule has 0 aliphatic heterocycles. The van der Waals surface area contributed by atoms with Crippen LogP contribution in [0.25, 0.3) is 0 Å². The molecule has 0 saturated heterocycles. The highest BCUT2D eigenvalue weighted by Crippen LogP contribution is 2.29. The number of para-hydroxylation sites is 1. The molecule has 4 nitrogen and oxygen atoms in total. The van der Waals surface area contributed by atoms with Gasteiger partial charge in [0, 0.05) is 6.04 Å². The number of hydrogen-bond acceptors (Lipinski definition) is 3. The van der Waals surface area contributed by atoms with Gasteiger partial charge in [0.2, 0.25) is 10.0 Å². The smallest absolute Gasteiger partial charge is 0.404 e. The van der Waals surface area contributed by atoms with Gasteiger partial charge in [0.1, 0.15) is 10.6 Å². The number of halogens is 3. The summed E-state index contributed by atoms with van der Waals surface area (Å²) < 4.78 is 67.6. The van der Waals surface area contributed by atoms with Crippen molar-refractivity contribution in [1.29, 1.82) is 0 Å². The zero-order valence-corrected chi connectivity index (χ0v) is 11.7. The number of sulfonamides is 1. The molecule has 1 aromatic rings. The zero-order chi connectivity index (χ0) is 15.5. The number of nitrogens with one attached hydrogen (secondary N) is 1. The minimum atomic E-state index is -4.95. The van der Waals surface area contributed by atoms with E-state index in [2.05, 4.69) is 9.46 Å². The van der Waals surface area contributed by atoms with Crippen LogP contribution in [0.15, 0.2) is 41.3 Å². The second-order valence-electron chi connectivity index (χ2n) is 4.60. The van der Waals surface area contributed by atoms with E-state index in [1.807, 2.05) is 12.2 Å². The molecule has 2 rings (SSSR count). The molecule has 1 N–H and O–H groups in total. The van der Waals surface area contributed by atoms with Crippen molar-refractivity contribution in [3.05, 3.63) is 36.4 Å². The number of alkyl halides is 3. The number of ether oxygens (including phenoxy) is 1. The summed E-state index contributed by atoms with van der Waals surface area (Å²) >= 11 is 0. The zero-order valence-electron chi connectivity index (χ0n) is 10.9. The van der Waals surface area contributed by atoms with Crippen LogP contribution in [0.4, 0.5) is 13.2 Å². The van der Waals surface area contributed by atoms with Crippen LogP contribution in [0.3, 0.4) is 0 Å². The molecule has 1 unspecified atom stereocenters. The van der Waals surface area contributed by atoms with Crippen LogP contribution in [-0.4, -0.2) is 20.8 Å². The van der Waals surface area contributed by atoms with Crippen molar-refractivity contribution in [3.63, 3.8) is 0 Å². The van der Waals surface area contributed by atoms with Crippen LogP contribution >= 0.6 is 0 Å². The molecule has 116 valence electrons. The minimum absolute atomic E-state index is 0.320. The molecule has 0 amide bonds. The normalized spacial score (nSPS) is 19.5. The lowest BCUT2D eigenvalue weighted by Gasteiger charge is -2.20. The van der Waals surface area contributed by atoms with Crippen LogP contribution in [0.2, 0.25) is 0 Å². The average molecular weight is 321 g/mol. The highest BCUT2D eigenvalue weighted by atomic mass is 32.2. The molecule has 0 saturated carbocycles. The predicted octanol–water partition coefficient (Wildman–Crippen LogP) is 2.97. The van der Waals surface area contributed by atoms with E-state index in [0.717, 1.165) is 18.6 Å². The monoisotopic (exact) mass is 321 g/mol. The standard InChI is InChI=1S/C13H14F3NO3S/c14-13(15,16)20-11-8-4-5-9-12(11)21(18,19)17-10-6-2-1-3-7-10/h1-2,4-5,8-10,17H,3,6-7H2. The van der Waals surface area contributed by atoms with Gasteiger partial charge in [-0.15, -0.1) is 13.2 Å². The first-order valence-electron chi connectivity index (χ1n) is 6.30. The van der Waals surface area contributed by atoms with Crippen molar-refractivity contribution in [1.82, 2.24) is 4.72 Å². The van der Waals surface area contributed by atoms with Gasteiger partial charge in [-0.05, 0) is 31.4 Å². The summed E-state index contributed by atoms with van der Waals surface area (Å²) in [7, 11) is -4.07. The van der Waals surface area contributed by atoms with Crippen LogP contribution in [-0.2, 0) is 10.0 Å². The third-order valence-corrected chi connectivity index (χ3v) is 4.52. The Morgan fingerprint density at radius 3 is 2.52 bits per heavy atom. The summed E-state index contributed by atoms with van der Waals surface area (Å²) in [5.41, 5.74) is 0. The average Bonchev–Trinajstić information content (AvgIpc) is 2.38. The summed E-state index contributed by atoms with van der Waals surface area (Å²) in [6.07, 6.45) is 0.687. The van der Waals surface area contributed by atoms with E-state index in [4.69, 9.17) is 0 Å². The molecule has 1 atom stereocenters. The van der Waals surface area contributed by atoms with Gasteiger partial charge < -0.3 is 4.74 Å². The van der Waals surface area contributed by atoms with Crippen molar-refractivity contribution in [2.45, 2.75) is 36.6 Å². The van der Waals surface area contributed by atoms with Crippen LogP contribution in [0, 0.1) is 0 Å². The van der Waals surface area contributed by atoms with Gasteiger partial charge in [0.15, 0.2) is 0 Å². The quantitative estimate of drug-likeness (QED) is 0.868. The van der Waals surface area contributed by atoms with E-state index in [0.29, 0.717) is 12.8 Å². The Balaban J connectivity index is 2.25. The summed E-state index contributed by atoms with van der Waals surface area (Å²) in [4.78, 5) is -0.517. The summed E-state index contributed by atoms with van der Waals surface area (Å²) in [5, 5.41) is 0. The molecular weight excluding hydrogens is 307 g/mol. The molecular formula is C13H14F3NO3S. The highest BCUT2D eigenvalue weighted by molar-refractivity contribution is 7.89. The maximum absolute atomic E-state index is 12.3. The molecule has 1 aromatic carbocycles. The predicted molar refractivity (Wildman–Crippen MR) is 70.2 cm³/mol. The maximum Gasteiger partial charge on any atom is 0.573 e. The Labute approximate surface area is 120 Å². The molecule has 0 fully saturated rings. The van der Waals surface area contributed by atoms with Crippen LogP contribution < -0.4 is 9.46 Å². The molecule has 0 aromatic heterocycles. The van der Waals surface area contributed by atoms with E-state index in [-0.39, 0.29) is 6.04 Å². The molecule has 0 radical (unpaired) electrons. The van der Waals surface area contributed by atoms with Crippen molar-refractivity contribution in [2.24, 2.45) is 0 Å². The van der Waals surface area contributed by atoms with Gasteiger partial charge in [0.25, 0.3) is 0 Å². The second kappa shape index (κ2) is 6.07. The Kier molecular flexibility index (Phi) is 4.58. The van der Waals surface area contributed by atoms with E-state index >= 15 is 0 Å². The molecule has 0 heterocycles. The van der Waals surface area contributed by atoms with E-state index in [9.17, 15) is 21.6 Å². The van der Waals surface area contributed by atoms with E-state index < -0.39 is 27.0 Å². The molecule has 1 aliphatic carbocycles. The van der Waals surface area contributed by atoms with Crippen molar-refractivity contribution in [2.75, 3.05) is 0 Å². The Hall–Kier alpha value is -1.54. The molecule has 0 spiro atoms. The molecule has 21 heavy (non-hydrogen) atoms. The first kappa shape index (κ1) is 15.8. The van der Waals surface area contributed by atoms with Gasteiger partial charge in [-0.1, -0.05) is 24.3 Å². The fourth-order valence-corrected chi connectivity index (χ4v) is 3.48. The lowest BCUT2D eigenvalue weighted by Crippen LogP contribution is -2.35. The fraction of sp³-hybridized carbons (Fsp3) is 0.385. The van der Waals surface area contributed by atoms with Gasteiger partial charge in [-0.3, -0.25) is 0 Å². The van der Waals surface area contributed by atoms with Crippen molar-refractivity contribution < 1.29 is 26.3 Å². The van der Waals surface area contributed by atoms with Crippen molar-refractivity contribution in [3.8, 4) is 5.75 Å². The SMILES string of the molecule is O=S(=O)(NC1CC=CCC1)c1ccccc1OC(F)(F)F. The van der Waals surface area contributed by atoms with Crippen LogP contribution in [0.1, 0.15) is 19.3 Å². The van der Waals surface area contributed by atoms with Crippen molar-refractivity contribution >= 4 is 10.0 Å². The van der Waals surface area contributed by atoms with Gasteiger partial charge in [-0.2, -0.15) is 0 Å². The fourth-order valence-electron chi connectivity index (χ4n) is 2.06. The maximum atomic E-state index is 12.3.